The average molecular weight is 285 g/mol. The van der Waals surface area contributed by atoms with E-state index in [-0.39, 0.29) is 0 Å². The molecule has 2 nitrogen and oxygen atoms in total. The largest absolute Gasteiger partial charge is 0.309 e. The first-order valence-corrected chi connectivity index (χ1v) is 8.02. The summed E-state index contributed by atoms with van der Waals surface area (Å²) in [6.07, 6.45) is 0. The van der Waals surface area contributed by atoms with E-state index in [1.165, 1.54) is 23.6 Å². The lowest BCUT2D eigenvalue weighted by Crippen LogP contribution is -2.47. The van der Waals surface area contributed by atoms with Crippen molar-refractivity contribution in [3.63, 3.8) is 0 Å². The maximum absolute atomic E-state index is 5.97. The molecular formula is C14H21ClN2S. The fraction of sp³-hybridized carbons (Fsp3) is 0.571. The van der Waals surface area contributed by atoms with Crippen molar-refractivity contribution in [1.29, 1.82) is 0 Å². The normalized spacial score (nSPS) is 22.9. The van der Waals surface area contributed by atoms with E-state index in [1.807, 2.05) is 12.1 Å². The first kappa shape index (κ1) is 14.2. The quantitative estimate of drug-likeness (QED) is 0.915. The van der Waals surface area contributed by atoms with Crippen LogP contribution < -0.4 is 5.32 Å². The molecule has 0 amide bonds. The van der Waals surface area contributed by atoms with Crippen LogP contribution in [0.2, 0.25) is 5.02 Å². The molecule has 18 heavy (non-hydrogen) atoms. The number of hydrogen-bond donors (Lipinski definition) is 1. The highest BCUT2D eigenvalue weighted by Gasteiger charge is 2.28. The summed E-state index contributed by atoms with van der Waals surface area (Å²) in [7, 11) is 2.23. The van der Waals surface area contributed by atoms with E-state index in [0.29, 0.717) is 12.1 Å². The first-order chi connectivity index (χ1) is 8.72. The number of thioether (sulfide) groups is 1. The molecule has 1 heterocycles. The molecule has 1 saturated heterocycles. The molecule has 2 rings (SSSR count). The Bertz CT molecular complexity index is 369. The van der Waals surface area contributed by atoms with Crippen LogP contribution in [-0.2, 0) is 0 Å². The number of benzene rings is 1. The summed E-state index contributed by atoms with van der Waals surface area (Å²) in [4.78, 5) is 2.47. The van der Waals surface area contributed by atoms with Crippen molar-refractivity contribution < 1.29 is 0 Å². The lowest BCUT2D eigenvalue weighted by atomic mass is 9.99. The minimum atomic E-state index is 0.394. The number of nitrogens with zero attached hydrogens (tertiary/aromatic N) is 1. The second kappa shape index (κ2) is 6.80. The Morgan fingerprint density at radius 2 is 2.17 bits per heavy atom. The molecule has 0 saturated carbocycles. The smallest absolute Gasteiger partial charge is 0.0486 e. The Labute approximate surface area is 119 Å². The van der Waals surface area contributed by atoms with E-state index in [4.69, 9.17) is 11.6 Å². The van der Waals surface area contributed by atoms with Crippen molar-refractivity contribution in [3.05, 3.63) is 34.9 Å². The molecular weight excluding hydrogens is 264 g/mol. The SMILES string of the molecule is CCNC(c1ccc(Cl)cc1)C1CSCCN1C. The van der Waals surface area contributed by atoms with Crippen molar-refractivity contribution in [1.82, 2.24) is 10.2 Å². The summed E-state index contributed by atoms with van der Waals surface area (Å²) >= 11 is 8.02. The third kappa shape index (κ3) is 3.41. The van der Waals surface area contributed by atoms with Gasteiger partial charge in [-0.2, -0.15) is 11.8 Å². The molecule has 1 aliphatic rings. The Hall–Kier alpha value is -0.220. The molecule has 1 N–H and O–H groups in total. The maximum Gasteiger partial charge on any atom is 0.0486 e. The monoisotopic (exact) mass is 284 g/mol. The number of halogens is 1. The van der Waals surface area contributed by atoms with Crippen LogP contribution in [-0.4, -0.2) is 42.6 Å². The van der Waals surface area contributed by atoms with Crippen LogP contribution in [0.1, 0.15) is 18.5 Å². The second-order valence-electron chi connectivity index (χ2n) is 4.71. The first-order valence-electron chi connectivity index (χ1n) is 6.49. The zero-order valence-electron chi connectivity index (χ0n) is 11.0. The second-order valence-corrected chi connectivity index (χ2v) is 6.30. The predicted molar refractivity (Wildman–Crippen MR) is 81.6 cm³/mol. The van der Waals surface area contributed by atoms with Crippen LogP contribution in [0.15, 0.2) is 24.3 Å². The highest BCUT2D eigenvalue weighted by molar-refractivity contribution is 7.99. The summed E-state index contributed by atoms with van der Waals surface area (Å²) in [5, 5.41) is 4.43. The summed E-state index contributed by atoms with van der Waals surface area (Å²) in [5.41, 5.74) is 1.33. The Balaban J connectivity index is 2.18. The third-order valence-corrected chi connectivity index (χ3v) is 4.78. The van der Waals surface area contributed by atoms with Gasteiger partial charge in [-0.15, -0.1) is 0 Å². The van der Waals surface area contributed by atoms with Crippen LogP contribution in [0.5, 0.6) is 0 Å². The fourth-order valence-corrected chi connectivity index (χ4v) is 3.82. The van der Waals surface area contributed by atoms with Gasteiger partial charge in [0.25, 0.3) is 0 Å². The molecule has 1 aliphatic heterocycles. The number of hydrogen-bond acceptors (Lipinski definition) is 3. The van der Waals surface area contributed by atoms with Gasteiger partial charge in [0.2, 0.25) is 0 Å². The van der Waals surface area contributed by atoms with E-state index >= 15 is 0 Å². The van der Waals surface area contributed by atoms with Crippen LogP contribution in [0, 0.1) is 0 Å². The summed E-state index contributed by atoms with van der Waals surface area (Å²) in [5.74, 6) is 2.43. The van der Waals surface area contributed by atoms with E-state index in [0.717, 1.165) is 11.6 Å². The van der Waals surface area contributed by atoms with Gasteiger partial charge in [0.05, 0.1) is 0 Å². The maximum atomic E-state index is 5.97. The van der Waals surface area contributed by atoms with Crippen LogP contribution in [0.4, 0.5) is 0 Å². The number of rotatable bonds is 4. The van der Waals surface area contributed by atoms with Gasteiger partial charge >= 0.3 is 0 Å². The van der Waals surface area contributed by atoms with Gasteiger partial charge in [-0.25, -0.2) is 0 Å². The Morgan fingerprint density at radius 1 is 1.44 bits per heavy atom. The van der Waals surface area contributed by atoms with E-state index in [1.54, 1.807) is 0 Å². The zero-order valence-corrected chi connectivity index (χ0v) is 12.6. The van der Waals surface area contributed by atoms with Crippen LogP contribution in [0.25, 0.3) is 0 Å². The molecule has 0 aromatic heterocycles. The molecule has 0 spiro atoms. The molecule has 2 unspecified atom stereocenters. The van der Waals surface area contributed by atoms with Crippen LogP contribution in [0.3, 0.4) is 0 Å². The lowest BCUT2D eigenvalue weighted by molar-refractivity contribution is 0.217. The van der Waals surface area contributed by atoms with Crippen LogP contribution >= 0.6 is 23.4 Å². The summed E-state index contributed by atoms with van der Waals surface area (Å²) in [6, 6.07) is 9.20. The minimum Gasteiger partial charge on any atom is -0.309 e. The Morgan fingerprint density at radius 3 is 2.78 bits per heavy atom. The highest BCUT2D eigenvalue weighted by atomic mass is 35.5. The molecule has 1 aromatic carbocycles. The average Bonchev–Trinajstić information content (AvgIpc) is 2.38. The van der Waals surface area contributed by atoms with E-state index in [9.17, 15) is 0 Å². The van der Waals surface area contributed by atoms with Crippen molar-refractivity contribution in [2.75, 3.05) is 31.6 Å². The fourth-order valence-electron chi connectivity index (χ4n) is 2.42. The molecule has 2 atom stereocenters. The number of nitrogens with one attached hydrogen (secondary N) is 1. The molecule has 4 heteroatoms. The summed E-state index contributed by atoms with van der Waals surface area (Å²) < 4.78 is 0. The van der Waals surface area contributed by atoms with Gasteiger partial charge in [-0.05, 0) is 31.3 Å². The van der Waals surface area contributed by atoms with Gasteiger partial charge < -0.3 is 5.32 Å². The van der Waals surface area contributed by atoms with Gasteiger partial charge in [-0.1, -0.05) is 30.7 Å². The Kier molecular flexibility index (Phi) is 5.37. The predicted octanol–water partition coefficient (Wildman–Crippen LogP) is 3.04. The van der Waals surface area contributed by atoms with E-state index in [2.05, 4.69) is 48.1 Å². The van der Waals surface area contributed by atoms with Crippen molar-refractivity contribution in [3.8, 4) is 0 Å². The van der Waals surface area contributed by atoms with Gasteiger partial charge in [0, 0.05) is 35.2 Å². The molecule has 100 valence electrons. The van der Waals surface area contributed by atoms with Gasteiger partial charge in [0.15, 0.2) is 0 Å². The topological polar surface area (TPSA) is 15.3 Å². The minimum absolute atomic E-state index is 0.394. The molecule has 0 radical (unpaired) electrons. The third-order valence-electron chi connectivity index (χ3n) is 3.48. The van der Waals surface area contributed by atoms with Crippen molar-refractivity contribution >= 4 is 23.4 Å². The molecule has 1 fully saturated rings. The van der Waals surface area contributed by atoms with Gasteiger partial charge in [0.1, 0.15) is 0 Å². The molecule has 0 bridgehead atoms. The lowest BCUT2D eigenvalue weighted by Gasteiger charge is -2.38. The molecule has 0 aliphatic carbocycles. The standard InChI is InChI=1S/C14H21ClN2S/c1-3-16-14(11-4-6-12(15)7-5-11)13-10-18-9-8-17(13)2/h4-7,13-14,16H,3,8-10H2,1-2H3. The van der Waals surface area contributed by atoms with Gasteiger partial charge in [-0.3, -0.25) is 4.90 Å². The number of likely N-dealkylation sites (N-methyl/N-ethyl adjacent to an activating group) is 2. The summed E-state index contributed by atoms with van der Waals surface area (Å²) in [6.45, 7) is 4.33. The zero-order chi connectivity index (χ0) is 13.0. The van der Waals surface area contributed by atoms with Crippen molar-refractivity contribution in [2.45, 2.75) is 19.0 Å². The van der Waals surface area contributed by atoms with Crippen molar-refractivity contribution in [2.24, 2.45) is 0 Å². The highest BCUT2D eigenvalue weighted by Crippen LogP contribution is 2.27. The van der Waals surface area contributed by atoms with E-state index < -0.39 is 0 Å². The molecule has 1 aromatic rings.